The summed E-state index contributed by atoms with van der Waals surface area (Å²) in [4.78, 5) is 11.5. The molecule has 0 amide bonds. The van der Waals surface area contributed by atoms with Crippen molar-refractivity contribution in [1.82, 2.24) is 15.2 Å². The highest BCUT2D eigenvalue weighted by Gasteiger charge is 2.20. The van der Waals surface area contributed by atoms with Crippen molar-refractivity contribution < 1.29 is 4.74 Å². The lowest BCUT2D eigenvalue weighted by atomic mass is 10.2. The van der Waals surface area contributed by atoms with Gasteiger partial charge in [-0.15, -0.1) is 5.10 Å². The van der Waals surface area contributed by atoms with Gasteiger partial charge in [-0.2, -0.15) is 10.1 Å². The fourth-order valence-corrected chi connectivity index (χ4v) is 3.07. The van der Waals surface area contributed by atoms with Crippen LogP contribution < -0.4 is 19.4 Å². The molecule has 1 aliphatic heterocycles. The van der Waals surface area contributed by atoms with Crippen LogP contribution in [0.25, 0.3) is 0 Å². The van der Waals surface area contributed by atoms with E-state index in [1.807, 2.05) is 12.1 Å². The summed E-state index contributed by atoms with van der Waals surface area (Å²) in [6.45, 7) is 9.72. The van der Waals surface area contributed by atoms with Crippen LogP contribution in [0.15, 0.2) is 30.5 Å². The van der Waals surface area contributed by atoms with Crippen molar-refractivity contribution in [1.29, 1.82) is 0 Å². The first-order valence-electron chi connectivity index (χ1n) is 8.83. The van der Waals surface area contributed by atoms with E-state index in [1.165, 1.54) is 5.69 Å². The molecule has 1 aromatic heterocycles. The number of rotatable bonds is 6. The minimum atomic E-state index is 0.708. The molecular formula is C18H26N6O. The van der Waals surface area contributed by atoms with Crippen molar-refractivity contribution in [3.05, 3.63) is 30.5 Å². The molecule has 0 aliphatic carbocycles. The van der Waals surface area contributed by atoms with Gasteiger partial charge in [-0.25, -0.2) is 0 Å². The molecule has 0 saturated carbocycles. The Bertz CT molecular complexity index is 666. The third kappa shape index (κ3) is 3.92. The Morgan fingerprint density at radius 3 is 2.24 bits per heavy atom. The molecule has 2 aromatic rings. The normalized spacial score (nSPS) is 14.5. The number of hydrogen-bond donors (Lipinski definition) is 0. The molecule has 3 rings (SSSR count). The Kier molecular flexibility index (Phi) is 5.53. The largest absolute Gasteiger partial charge is 0.497 e. The van der Waals surface area contributed by atoms with Gasteiger partial charge in [0.2, 0.25) is 5.95 Å². The van der Waals surface area contributed by atoms with Crippen LogP contribution in [-0.4, -0.2) is 61.6 Å². The van der Waals surface area contributed by atoms with Gasteiger partial charge in [-0.1, -0.05) is 0 Å². The Hall–Kier alpha value is -2.57. The van der Waals surface area contributed by atoms with Crippen molar-refractivity contribution in [2.75, 3.05) is 61.1 Å². The first-order chi connectivity index (χ1) is 12.2. The fraction of sp³-hybridized carbons (Fsp3) is 0.500. The second-order valence-corrected chi connectivity index (χ2v) is 5.96. The quantitative estimate of drug-likeness (QED) is 0.796. The predicted octanol–water partition coefficient (Wildman–Crippen LogP) is 2.05. The fourth-order valence-electron chi connectivity index (χ4n) is 3.07. The van der Waals surface area contributed by atoms with Crippen LogP contribution in [0, 0.1) is 0 Å². The number of aromatic nitrogens is 3. The van der Waals surface area contributed by atoms with E-state index in [4.69, 9.17) is 9.72 Å². The van der Waals surface area contributed by atoms with E-state index in [0.29, 0.717) is 5.95 Å². The van der Waals surface area contributed by atoms with Gasteiger partial charge in [0.1, 0.15) is 5.75 Å². The molecule has 1 aromatic carbocycles. The summed E-state index contributed by atoms with van der Waals surface area (Å²) in [5.74, 6) is 2.50. The Balaban J connectivity index is 1.64. The molecular weight excluding hydrogens is 316 g/mol. The predicted molar refractivity (Wildman–Crippen MR) is 101 cm³/mol. The molecule has 0 N–H and O–H groups in total. The topological polar surface area (TPSA) is 57.6 Å². The number of anilines is 3. The molecule has 0 spiro atoms. The van der Waals surface area contributed by atoms with Crippen molar-refractivity contribution in [3.8, 4) is 5.75 Å². The summed E-state index contributed by atoms with van der Waals surface area (Å²) in [6, 6.07) is 8.23. The molecule has 1 aliphatic rings. The van der Waals surface area contributed by atoms with Crippen molar-refractivity contribution >= 4 is 17.5 Å². The van der Waals surface area contributed by atoms with E-state index < -0.39 is 0 Å². The third-order valence-electron chi connectivity index (χ3n) is 4.62. The molecule has 25 heavy (non-hydrogen) atoms. The number of nitrogens with zero attached hydrogens (tertiary/aromatic N) is 6. The highest BCUT2D eigenvalue weighted by atomic mass is 16.5. The zero-order chi connectivity index (χ0) is 17.6. The van der Waals surface area contributed by atoms with Crippen molar-refractivity contribution in [3.63, 3.8) is 0 Å². The molecule has 0 unspecified atom stereocenters. The third-order valence-corrected chi connectivity index (χ3v) is 4.62. The van der Waals surface area contributed by atoms with Gasteiger partial charge < -0.3 is 19.4 Å². The van der Waals surface area contributed by atoms with Crippen LogP contribution in [0.4, 0.5) is 17.5 Å². The van der Waals surface area contributed by atoms with Crippen LogP contribution in [0.2, 0.25) is 0 Å². The van der Waals surface area contributed by atoms with Gasteiger partial charge in [-0.05, 0) is 38.1 Å². The summed E-state index contributed by atoms with van der Waals surface area (Å²) in [5, 5.41) is 8.32. The first kappa shape index (κ1) is 17.3. The number of hydrogen-bond acceptors (Lipinski definition) is 7. The van der Waals surface area contributed by atoms with Crippen LogP contribution in [0.3, 0.4) is 0 Å². The molecule has 7 heteroatoms. The van der Waals surface area contributed by atoms with E-state index in [1.54, 1.807) is 13.3 Å². The number of ether oxygens (including phenoxy) is 1. The average molecular weight is 342 g/mol. The van der Waals surface area contributed by atoms with Crippen LogP contribution >= 0.6 is 0 Å². The summed E-state index contributed by atoms with van der Waals surface area (Å²) < 4.78 is 5.23. The second kappa shape index (κ2) is 8.00. The lowest BCUT2D eigenvalue weighted by molar-refractivity contribution is 0.415. The van der Waals surface area contributed by atoms with Gasteiger partial charge in [-0.3, -0.25) is 0 Å². The maximum Gasteiger partial charge on any atom is 0.247 e. The number of piperazine rings is 1. The highest BCUT2D eigenvalue weighted by Crippen LogP contribution is 2.22. The summed E-state index contributed by atoms with van der Waals surface area (Å²) >= 11 is 0. The maximum atomic E-state index is 5.23. The van der Waals surface area contributed by atoms with Gasteiger partial charge in [0.15, 0.2) is 5.82 Å². The Morgan fingerprint density at radius 1 is 1.00 bits per heavy atom. The molecule has 134 valence electrons. The average Bonchev–Trinajstić information content (AvgIpc) is 2.69. The van der Waals surface area contributed by atoms with Gasteiger partial charge in [0.05, 0.1) is 13.3 Å². The summed E-state index contributed by atoms with van der Waals surface area (Å²) in [6.07, 6.45) is 1.76. The molecule has 2 heterocycles. The lowest BCUT2D eigenvalue weighted by Gasteiger charge is -2.36. The second-order valence-electron chi connectivity index (χ2n) is 5.96. The zero-order valence-electron chi connectivity index (χ0n) is 15.2. The van der Waals surface area contributed by atoms with Crippen LogP contribution in [-0.2, 0) is 0 Å². The maximum absolute atomic E-state index is 5.23. The molecule has 1 saturated heterocycles. The van der Waals surface area contributed by atoms with E-state index >= 15 is 0 Å². The zero-order valence-corrected chi connectivity index (χ0v) is 15.2. The summed E-state index contributed by atoms with van der Waals surface area (Å²) in [7, 11) is 1.69. The standard InChI is InChI=1S/C18H26N6O/c1-4-22(5-2)18-20-17(14-19-21-18)24-12-10-23(11-13-24)15-6-8-16(25-3)9-7-15/h6-9,14H,4-5,10-13H2,1-3H3. The summed E-state index contributed by atoms with van der Waals surface area (Å²) in [5.41, 5.74) is 1.23. The minimum Gasteiger partial charge on any atom is -0.497 e. The number of benzene rings is 1. The Morgan fingerprint density at radius 2 is 1.64 bits per heavy atom. The monoisotopic (exact) mass is 342 g/mol. The van der Waals surface area contributed by atoms with Gasteiger partial charge >= 0.3 is 0 Å². The highest BCUT2D eigenvalue weighted by molar-refractivity contribution is 5.51. The molecule has 0 bridgehead atoms. The van der Waals surface area contributed by atoms with E-state index in [9.17, 15) is 0 Å². The van der Waals surface area contributed by atoms with E-state index in [2.05, 4.69) is 50.9 Å². The SMILES string of the molecule is CCN(CC)c1nncc(N2CCN(c3ccc(OC)cc3)CC2)n1. The van der Waals surface area contributed by atoms with Crippen LogP contribution in [0.1, 0.15) is 13.8 Å². The van der Waals surface area contributed by atoms with Gasteiger partial charge in [0.25, 0.3) is 0 Å². The van der Waals surface area contributed by atoms with E-state index in [0.717, 1.165) is 50.8 Å². The first-order valence-corrected chi connectivity index (χ1v) is 8.83. The molecule has 1 fully saturated rings. The van der Waals surface area contributed by atoms with Crippen LogP contribution in [0.5, 0.6) is 5.75 Å². The molecule has 0 atom stereocenters. The molecule has 7 nitrogen and oxygen atoms in total. The lowest BCUT2D eigenvalue weighted by Crippen LogP contribution is -2.47. The Labute approximate surface area is 149 Å². The van der Waals surface area contributed by atoms with Gasteiger partial charge in [0, 0.05) is 45.0 Å². The smallest absolute Gasteiger partial charge is 0.247 e. The number of methoxy groups -OCH3 is 1. The minimum absolute atomic E-state index is 0.708. The molecule has 0 radical (unpaired) electrons. The van der Waals surface area contributed by atoms with Crippen molar-refractivity contribution in [2.24, 2.45) is 0 Å². The van der Waals surface area contributed by atoms with E-state index in [-0.39, 0.29) is 0 Å². The van der Waals surface area contributed by atoms with Crippen molar-refractivity contribution in [2.45, 2.75) is 13.8 Å².